The van der Waals surface area contributed by atoms with Crippen molar-refractivity contribution in [2.75, 3.05) is 5.32 Å². The van der Waals surface area contributed by atoms with Crippen LogP contribution in [0, 0.1) is 6.92 Å². The van der Waals surface area contributed by atoms with Crippen molar-refractivity contribution < 1.29 is 4.79 Å². The van der Waals surface area contributed by atoms with E-state index in [1.165, 1.54) is 6.20 Å². The summed E-state index contributed by atoms with van der Waals surface area (Å²) in [5.74, 6) is 1.02. The number of carbonyl (C=O) groups excluding carboxylic acids is 1. The van der Waals surface area contributed by atoms with Gasteiger partial charge in [-0.1, -0.05) is 11.6 Å². The number of hydrogen-bond donors (Lipinski definition) is 2. The Morgan fingerprint density at radius 1 is 1.53 bits per heavy atom. The molecule has 7 heteroatoms. The van der Waals surface area contributed by atoms with E-state index in [0.717, 1.165) is 24.2 Å². The number of nitrogens with zero attached hydrogens (tertiary/aromatic N) is 3. The number of anilines is 1. The summed E-state index contributed by atoms with van der Waals surface area (Å²) in [4.78, 5) is 20.1. The van der Waals surface area contributed by atoms with Crippen molar-refractivity contribution in [3.05, 3.63) is 34.6 Å². The molecular weight excluding hydrogens is 266 g/mol. The highest BCUT2D eigenvalue weighted by atomic mass is 35.5. The minimum absolute atomic E-state index is 0.148. The van der Waals surface area contributed by atoms with Gasteiger partial charge in [-0.3, -0.25) is 9.89 Å². The van der Waals surface area contributed by atoms with Gasteiger partial charge in [0.25, 0.3) is 5.91 Å². The molecule has 6 nitrogen and oxygen atoms in total. The molecule has 1 aliphatic carbocycles. The van der Waals surface area contributed by atoms with E-state index >= 15 is 0 Å². The number of H-pyrrole nitrogens is 1. The number of carbonyl (C=O) groups is 1. The maximum Gasteiger partial charge on any atom is 0.295 e. The molecule has 0 unspecified atom stereocenters. The second kappa shape index (κ2) is 4.62. The third kappa shape index (κ3) is 2.58. The maximum atomic E-state index is 11.9. The van der Waals surface area contributed by atoms with E-state index in [9.17, 15) is 4.79 Å². The summed E-state index contributed by atoms with van der Waals surface area (Å²) < 4.78 is 0. The molecular formula is C12H12ClN5O. The van der Waals surface area contributed by atoms with Gasteiger partial charge in [-0.05, 0) is 31.4 Å². The lowest BCUT2D eigenvalue weighted by molar-refractivity contribution is 0.101. The minimum atomic E-state index is -0.355. The second-order valence-electron chi connectivity index (χ2n) is 4.60. The van der Waals surface area contributed by atoms with Gasteiger partial charge in [0.1, 0.15) is 11.0 Å². The zero-order valence-corrected chi connectivity index (χ0v) is 11.0. The summed E-state index contributed by atoms with van der Waals surface area (Å²) in [6.07, 6.45) is 3.72. The summed E-state index contributed by atoms with van der Waals surface area (Å²) in [5.41, 5.74) is 1.37. The van der Waals surface area contributed by atoms with Gasteiger partial charge in [0.05, 0.1) is 11.9 Å². The number of aromatic amines is 1. The Hall–Kier alpha value is -1.95. The predicted molar refractivity (Wildman–Crippen MR) is 70.3 cm³/mol. The van der Waals surface area contributed by atoms with Crippen LogP contribution in [0.5, 0.6) is 0 Å². The van der Waals surface area contributed by atoms with Crippen LogP contribution in [0.1, 0.15) is 40.8 Å². The highest BCUT2D eigenvalue weighted by molar-refractivity contribution is 6.30. The summed E-state index contributed by atoms with van der Waals surface area (Å²) in [6, 6.07) is 1.75. The summed E-state index contributed by atoms with van der Waals surface area (Å²) in [5, 5.41) is 9.83. The van der Waals surface area contributed by atoms with Crippen molar-refractivity contribution in [3.8, 4) is 0 Å². The molecule has 2 aromatic heterocycles. The van der Waals surface area contributed by atoms with Crippen LogP contribution in [0.2, 0.25) is 5.15 Å². The Morgan fingerprint density at radius 2 is 2.32 bits per heavy atom. The van der Waals surface area contributed by atoms with E-state index < -0.39 is 0 Å². The van der Waals surface area contributed by atoms with E-state index in [2.05, 4.69) is 25.5 Å². The fraction of sp³-hybridized carbons (Fsp3) is 0.333. The van der Waals surface area contributed by atoms with Crippen molar-refractivity contribution in [3.63, 3.8) is 0 Å². The molecule has 2 N–H and O–H groups in total. The second-order valence-corrected chi connectivity index (χ2v) is 4.96. The molecule has 19 heavy (non-hydrogen) atoms. The van der Waals surface area contributed by atoms with Crippen LogP contribution in [0.3, 0.4) is 0 Å². The third-order valence-electron chi connectivity index (χ3n) is 2.94. The van der Waals surface area contributed by atoms with Crippen molar-refractivity contribution in [1.82, 2.24) is 20.2 Å². The number of hydrogen-bond acceptors (Lipinski definition) is 4. The first kappa shape index (κ1) is 12.1. The third-order valence-corrected chi connectivity index (χ3v) is 3.34. The Kier molecular flexibility index (Phi) is 2.94. The molecule has 0 aliphatic heterocycles. The van der Waals surface area contributed by atoms with Crippen LogP contribution >= 0.6 is 11.6 Å². The summed E-state index contributed by atoms with van der Waals surface area (Å²) >= 11 is 5.83. The molecule has 1 amide bonds. The zero-order valence-electron chi connectivity index (χ0n) is 10.3. The number of aromatic nitrogens is 4. The van der Waals surface area contributed by atoms with E-state index in [-0.39, 0.29) is 11.7 Å². The highest BCUT2D eigenvalue weighted by Gasteiger charge is 2.28. The van der Waals surface area contributed by atoms with E-state index in [1.807, 2.05) is 6.92 Å². The quantitative estimate of drug-likeness (QED) is 0.843. The number of aryl methyl sites for hydroxylation is 1. The molecule has 98 valence electrons. The maximum absolute atomic E-state index is 11.9. The van der Waals surface area contributed by atoms with Gasteiger partial charge in [0.15, 0.2) is 0 Å². The Bertz CT molecular complexity index is 635. The molecule has 0 bridgehead atoms. The average Bonchev–Trinajstić information content (AvgIpc) is 3.11. The standard InChI is InChI=1S/C12H12ClN5O/c1-6-4-8(5-14-9(6)13)15-12(19)11-16-10(17-18-11)7-2-3-7/h4-5,7H,2-3H2,1H3,(H,15,19)(H,16,17,18). The van der Waals surface area contributed by atoms with Gasteiger partial charge in [-0.2, -0.15) is 0 Å². The van der Waals surface area contributed by atoms with Gasteiger partial charge in [-0.25, -0.2) is 9.97 Å². The molecule has 0 saturated heterocycles. The lowest BCUT2D eigenvalue weighted by Gasteiger charge is -2.03. The number of rotatable bonds is 3. The van der Waals surface area contributed by atoms with Crippen LogP contribution in [0.15, 0.2) is 12.3 Å². The topological polar surface area (TPSA) is 83.6 Å². The summed E-state index contributed by atoms with van der Waals surface area (Å²) in [7, 11) is 0. The molecule has 0 radical (unpaired) electrons. The number of pyridine rings is 1. The van der Waals surface area contributed by atoms with Gasteiger partial charge in [-0.15, -0.1) is 5.10 Å². The highest BCUT2D eigenvalue weighted by Crippen LogP contribution is 2.37. The van der Waals surface area contributed by atoms with E-state index in [1.54, 1.807) is 6.07 Å². The van der Waals surface area contributed by atoms with Gasteiger partial charge < -0.3 is 5.32 Å². The Morgan fingerprint density at radius 3 is 3.00 bits per heavy atom. The van der Waals surface area contributed by atoms with E-state index in [0.29, 0.717) is 16.8 Å². The lowest BCUT2D eigenvalue weighted by Crippen LogP contribution is -2.14. The predicted octanol–water partition coefficient (Wildman–Crippen LogP) is 2.29. The van der Waals surface area contributed by atoms with Crippen molar-refractivity contribution >= 4 is 23.2 Å². The first-order chi connectivity index (χ1) is 9.13. The molecule has 2 aromatic rings. The first-order valence-corrected chi connectivity index (χ1v) is 6.37. The largest absolute Gasteiger partial charge is 0.318 e. The molecule has 2 heterocycles. The fourth-order valence-corrected chi connectivity index (χ4v) is 1.83. The molecule has 1 fully saturated rings. The Balaban J connectivity index is 1.74. The van der Waals surface area contributed by atoms with Gasteiger partial charge in [0.2, 0.25) is 5.82 Å². The van der Waals surface area contributed by atoms with Crippen LogP contribution in [-0.4, -0.2) is 26.1 Å². The van der Waals surface area contributed by atoms with Crippen LogP contribution in [0.25, 0.3) is 0 Å². The number of amides is 1. The van der Waals surface area contributed by atoms with Crippen LogP contribution < -0.4 is 5.32 Å². The van der Waals surface area contributed by atoms with Crippen LogP contribution in [0.4, 0.5) is 5.69 Å². The zero-order chi connectivity index (χ0) is 13.4. The molecule has 0 aromatic carbocycles. The van der Waals surface area contributed by atoms with Crippen molar-refractivity contribution in [2.45, 2.75) is 25.7 Å². The molecule has 1 saturated carbocycles. The van der Waals surface area contributed by atoms with Crippen molar-refractivity contribution in [2.24, 2.45) is 0 Å². The van der Waals surface area contributed by atoms with Crippen LogP contribution in [-0.2, 0) is 0 Å². The molecule has 3 rings (SSSR count). The van der Waals surface area contributed by atoms with Crippen molar-refractivity contribution in [1.29, 1.82) is 0 Å². The average molecular weight is 278 g/mol. The first-order valence-electron chi connectivity index (χ1n) is 5.99. The summed E-state index contributed by atoms with van der Waals surface area (Å²) in [6.45, 7) is 1.82. The smallest absolute Gasteiger partial charge is 0.295 e. The number of nitrogens with one attached hydrogen (secondary N) is 2. The molecule has 1 aliphatic rings. The van der Waals surface area contributed by atoms with Gasteiger partial charge in [0, 0.05) is 5.92 Å². The van der Waals surface area contributed by atoms with Gasteiger partial charge >= 0.3 is 0 Å². The number of halogens is 1. The molecule has 0 atom stereocenters. The molecule has 0 spiro atoms. The monoisotopic (exact) mass is 277 g/mol. The lowest BCUT2D eigenvalue weighted by atomic mass is 10.3. The fourth-order valence-electron chi connectivity index (χ4n) is 1.73. The van der Waals surface area contributed by atoms with E-state index in [4.69, 9.17) is 11.6 Å². The normalized spacial score (nSPS) is 14.4. The Labute approximate surface area is 114 Å². The minimum Gasteiger partial charge on any atom is -0.318 e. The SMILES string of the molecule is Cc1cc(NC(=O)c2n[nH]c(C3CC3)n2)cnc1Cl.